The predicted octanol–water partition coefficient (Wildman–Crippen LogP) is 3.15. The normalized spacial score (nSPS) is 14.2. The van der Waals surface area contributed by atoms with Crippen molar-refractivity contribution in [3.63, 3.8) is 0 Å². The molecule has 4 rings (SSSR count). The van der Waals surface area contributed by atoms with E-state index < -0.39 is 17.9 Å². The molecule has 0 aliphatic carbocycles. The van der Waals surface area contributed by atoms with Crippen LogP contribution in [0.5, 0.6) is 23.0 Å². The van der Waals surface area contributed by atoms with Gasteiger partial charge in [0, 0.05) is 17.3 Å². The number of carboxylic acid groups (broad SMARTS) is 1. The number of anilines is 2. The van der Waals surface area contributed by atoms with Gasteiger partial charge in [0.2, 0.25) is 0 Å². The van der Waals surface area contributed by atoms with Crippen molar-refractivity contribution in [1.29, 1.82) is 0 Å². The highest BCUT2D eigenvalue weighted by atomic mass is 16.5. The summed E-state index contributed by atoms with van der Waals surface area (Å²) in [4.78, 5) is 25.1. The maximum atomic E-state index is 13.2. The molecular formula is C24H24N4O7. The highest BCUT2D eigenvalue weighted by Gasteiger charge is 2.31. The summed E-state index contributed by atoms with van der Waals surface area (Å²) in [7, 11) is 6.05. The molecule has 3 N–H and O–H groups in total. The Hall–Kier alpha value is -4.67. The van der Waals surface area contributed by atoms with Crippen LogP contribution in [0.25, 0.3) is 0 Å². The van der Waals surface area contributed by atoms with Crippen LogP contribution in [0.3, 0.4) is 0 Å². The molecule has 0 radical (unpaired) electrons. The summed E-state index contributed by atoms with van der Waals surface area (Å²) in [6.45, 7) is 0. The number of nitrogens with one attached hydrogen (secondary N) is 2. The third kappa shape index (κ3) is 4.43. The van der Waals surface area contributed by atoms with Crippen LogP contribution in [0.15, 0.2) is 54.4 Å². The van der Waals surface area contributed by atoms with E-state index in [1.807, 2.05) is 0 Å². The summed E-state index contributed by atoms with van der Waals surface area (Å²) in [5.74, 6) is 0.576. The van der Waals surface area contributed by atoms with Crippen molar-refractivity contribution in [2.24, 2.45) is 0 Å². The summed E-state index contributed by atoms with van der Waals surface area (Å²) < 4.78 is 22.8. The first kappa shape index (κ1) is 23.5. The number of carbonyl (C=O) groups is 2. The highest BCUT2D eigenvalue weighted by Crippen LogP contribution is 2.38. The minimum absolute atomic E-state index is 0.104. The Labute approximate surface area is 200 Å². The second-order valence-corrected chi connectivity index (χ2v) is 7.44. The number of ether oxygens (including phenoxy) is 4. The van der Waals surface area contributed by atoms with Crippen LogP contribution in [-0.2, 0) is 4.79 Å². The predicted molar refractivity (Wildman–Crippen MR) is 127 cm³/mol. The van der Waals surface area contributed by atoms with Gasteiger partial charge in [0.1, 0.15) is 34.6 Å². The number of methoxy groups -OCH3 is 4. The number of benzene rings is 2. The fraction of sp³-hybridized carbons (Fsp3) is 0.208. The number of amides is 1. The summed E-state index contributed by atoms with van der Waals surface area (Å²) in [5.41, 5.74) is 1.12. The van der Waals surface area contributed by atoms with Crippen molar-refractivity contribution in [2.75, 3.05) is 39.1 Å². The molecular weight excluding hydrogens is 456 g/mol. The van der Waals surface area contributed by atoms with Crippen molar-refractivity contribution >= 4 is 23.4 Å². The van der Waals surface area contributed by atoms with Gasteiger partial charge in [0.15, 0.2) is 11.5 Å². The number of rotatable bonds is 8. The summed E-state index contributed by atoms with van der Waals surface area (Å²) >= 11 is 0. The maximum absolute atomic E-state index is 13.2. The Kier molecular flexibility index (Phi) is 6.49. The Morgan fingerprint density at radius 3 is 2.34 bits per heavy atom. The Bertz CT molecular complexity index is 1320. The zero-order valence-electron chi connectivity index (χ0n) is 19.5. The highest BCUT2D eigenvalue weighted by molar-refractivity contribution is 6.08. The van der Waals surface area contributed by atoms with E-state index in [2.05, 4.69) is 15.7 Å². The monoisotopic (exact) mass is 480 g/mol. The van der Waals surface area contributed by atoms with Crippen molar-refractivity contribution in [2.45, 2.75) is 6.04 Å². The molecule has 0 saturated heterocycles. The lowest BCUT2D eigenvalue weighted by molar-refractivity contribution is -0.132. The minimum atomic E-state index is -1.18. The van der Waals surface area contributed by atoms with E-state index >= 15 is 0 Å². The third-order valence-corrected chi connectivity index (χ3v) is 5.51. The van der Waals surface area contributed by atoms with E-state index in [9.17, 15) is 14.7 Å². The molecule has 1 aliphatic rings. The largest absolute Gasteiger partial charge is 0.497 e. The maximum Gasteiger partial charge on any atom is 0.352 e. The standard InChI is InChI=1S/C24H24N4O7/c1-32-14-6-8-19(33-2)15(10-14)18-11-17(24(30)31)27-22-16(12-25-28(18)22)23(29)26-13-5-7-20(34-3)21(9-13)35-4/h5-12,18,27H,1-4H3,(H,26,29)(H,30,31)/t18-/m0/s1. The van der Waals surface area contributed by atoms with Gasteiger partial charge in [0.05, 0.1) is 34.6 Å². The van der Waals surface area contributed by atoms with E-state index in [1.54, 1.807) is 36.4 Å². The molecule has 1 aromatic heterocycles. The molecule has 11 heteroatoms. The van der Waals surface area contributed by atoms with E-state index in [0.29, 0.717) is 34.2 Å². The molecule has 2 aromatic carbocycles. The molecule has 0 fully saturated rings. The second-order valence-electron chi connectivity index (χ2n) is 7.44. The first-order chi connectivity index (χ1) is 16.9. The van der Waals surface area contributed by atoms with Gasteiger partial charge in [0.25, 0.3) is 5.91 Å². The fourth-order valence-electron chi connectivity index (χ4n) is 3.79. The lowest BCUT2D eigenvalue weighted by Crippen LogP contribution is -2.26. The molecule has 0 spiro atoms. The zero-order chi connectivity index (χ0) is 25.1. The van der Waals surface area contributed by atoms with E-state index in [-0.39, 0.29) is 17.1 Å². The molecule has 11 nitrogen and oxygen atoms in total. The Balaban J connectivity index is 1.74. The average molecular weight is 480 g/mol. The Morgan fingerprint density at radius 2 is 1.69 bits per heavy atom. The van der Waals surface area contributed by atoms with Crippen LogP contribution < -0.4 is 29.6 Å². The van der Waals surface area contributed by atoms with E-state index in [1.165, 1.54) is 45.4 Å². The Morgan fingerprint density at radius 1 is 0.971 bits per heavy atom. The van der Waals surface area contributed by atoms with Gasteiger partial charge in [-0.1, -0.05) is 0 Å². The third-order valence-electron chi connectivity index (χ3n) is 5.51. The minimum Gasteiger partial charge on any atom is -0.497 e. The molecule has 182 valence electrons. The van der Waals surface area contributed by atoms with Crippen LogP contribution in [0.1, 0.15) is 22.0 Å². The summed E-state index contributed by atoms with van der Waals surface area (Å²) in [6, 6.07) is 9.46. The number of aliphatic carboxylic acids is 1. The lowest BCUT2D eigenvalue weighted by atomic mass is 10.0. The van der Waals surface area contributed by atoms with Crippen LogP contribution in [0, 0.1) is 0 Å². The molecule has 1 atom stereocenters. The zero-order valence-corrected chi connectivity index (χ0v) is 19.5. The number of hydrogen-bond acceptors (Lipinski definition) is 8. The molecule has 0 bridgehead atoms. The number of allylic oxidation sites excluding steroid dienone is 1. The molecule has 3 aromatic rings. The van der Waals surface area contributed by atoms with Crippen LogP contribution >= 0.6 is 0 Å². The smallest absolute Gasteiger partial charge is 0.352 e. The molecule has 0 saturated carbocycles. The van der Waals surface area contributed by atoms with Gasteiger partial charge < -0.3 is 34.7 Å². The van der Waals surface area contributed by atoms with Gasteiger partial charge in [-0.2, -0.15) is 5.10 Å². The quantitative estimate of drug-likeness (QED) is 0.445. The van der Waals surface area contributed by atoms with Crippen molar-refractivity contribution in [3.8, 4) is 23.0 Å². The molecule has 0 unspecified atom stereocenters. The second kappa shape index (κ2) is 9.67. The van der Waals surface area contributed by atoms with Gasteiger partial charge in [-0.05, 0) is 36.4 Å². The topological polar surface area (TPSA) is 133 Å². The number of carboxylic acids is 1. The fourth-order valence-corrected chi connectivity index (χ4v) is 3.79. The van der Waals surface area contributed by atoms with Gasteiger partial charge in [-0.3, -0.25) is 4.79 Å². The van der Waals surface area contributed by atoms with Crippen LogP contribution in [0.4, 0.5) is 11.5 Å². The van der Waals surface area contributed by atoms with Gasteiger partial charge in [-0.25, -0.2) is 9.48 Å². The number of carbonyl (C=O) groups excluding carboxylic acids is 1. The first-order valence-corrected chi connectivity index (χ1v) is 10.4. The summed E-state index contributed by atoms with van der Waals surface area (Å²) in [5, 5.41) is 19.7. The van der Waals surface area contributed by atoms with Crippen LogP contribution in [-0.4, -0.2) is 55.2 Å². The number of aromatic nitrogens is 2. The number of fused-ring (bicyclic) bond motifs is 1. The van der Waals surface area contributed by atoms with Crippen LogP contribution in [0.2, 0.25) is 0 Å². The SMILES string of the molecule is COc1ccc(OC)c([C@@H]2C=C(C(=O)O)Nc3c(C(=O)Nc4ccc(OC)c(OC)c4)cnn32)c1. The number of hydrogen-bond donors (Lipinski definition) is 3. The average Bonchev–Trinajstić information content (AvgIpc) is 3.31. The first-order valence-electron chi connectivity index (χ1n) is 10.4. The van der Waals surface area contributed by atoms with Gasteiger partial charge >= 0.3 is 5.97 Å². The molecule has 2 heterocycles. The molecule has 1 aliphatic heterocycles. The molecule has 1 amide bonds. The molecule has 35 heavy (non-hydrogen) atoms. The van der Waals surface area contributed by atoms with Crippen molar-refractivity contribution < 1.29 is 33.6 Å². The number of nitrogens with zero attached hydrogens (tertiary/aromatic N) is 2. The summed E-state index contributed by atoms with van der Waals surface area (Å²) in [6.07, 6.45) is 2.87. The van der Waals surface area contributed by atoms with Crippen molar-refractivity contribution in [3.05, 3.63) is 65.5 Å². The van der Waals surface area contributed by atoms with Crippen molar-refractivity contribution in [1.82, 2.24) is 9.78 Å². The lowest BCUT2D eigenvalue weighted by Gasteiger charge is -2.26. The van der Waals surface area contributed by atoms with E-state index in [0.717, 1.165) is 0 Å². The van der Waals surface area contributed by atoms with E-state index in [4.69, 9.17) is 18.9 Å². The van der Waals surface area contributed by atoms with Gasteiger partial charge in [-0.15, -0.1) is 0 Å².